The second-order valence-corrected chi connectivity index (χ2v) is 9.74. The summed E-state index contributed by atoms with van der Waals surface area (Å²) in [6.45, 7) is 1.76. The van der Waals surface area contributed by atoms with Crippen LogP contribution in [0.1, 0.15) is 20.8 Å². The van der Waals surface area contributed by atoms with Crippen LogP contribution in [0.2, 0.25) is 0 Å². The molecule has 8 heteroatoms. The van der Waals surface area contributed by atoms with Crippen LogP contribution in [0.3, 0.4) is 0 Å². The Bertz CT molecular complexity index is 1310. The third-order valence-electron chi connectivity index (χ3n) is 4.68. The van der Waals surface area contributed by atoms with Crippen molar-refractivity contribution in [1.29, 1.82) is 0 Å². The van der Waals surface area contributed by atoms with Crippen LogP contribution in [0.15, 0.2) is 76.8 Å². The number of aromatic nitrogens is 1. The largest absolute Gasteiger partial charge is 0.347 e. The topological polar surface area (TPSA) is 76.1 Å². The highest BCUT2D eigenvalue weighted by Crippen LogP contribution is 2.26. The van der Waals surface area contributed by atoms with Gasteiger partial charge >= 0.3 is 0 Å². The number of hydrogen-bond donors (Lipinski definition) is 1. The molecule has 0 saturated carbocycles. The summed E-state index contributed by atoms with van der Waals surface area (Å²) in [5.74, 6) is -0.956. The van der Waals surface area contributed by atoms with Crippen molar-refractivity contribution in [3.8, 4) is 0 Å². The lowest BCUT2D eigenvalue weighted by Crippen LogP contribution is -2.21. The molecule has 0 aliphatic carbocycles. The smallest absolute Gasteiger partial charge is 0.261 e. The molecule has 2 aromatic carbocycles. The van der Waals surface area contributed by atoms with Gasteiger partial charge in [-0.05, 0) is 53.8 Å². The molecule has 4 rings (SSSR count). The summed E-state index contributed by atoms with van der Waals surface area (Å²) in [5, 5.41) is 3.78. The molecule has 0 atom stereocenters. The molecule has 0 aliphatic heterocycles. The van der Waals surface area contributed by atoms with Gasteiger partial charge in [0.25, 0.3) is 5.91 Å². The van der Waals surface area contributed by atoms with Crippen LogP contribution in [0.5, 0.6) is 0 Å². The molecule has 0 fully saturated rings. The van der Waals surface area contributed by atoms with E-state index in [9.17, 15) is 17.6 Å². The van der Waals surface area contributed by atoms with Crippen molar-refractivity contribution in [2.24, 2.45) is 0 Å². The quantitative estimate of drug-likeness (QED) is 0.496. The van der Waals surface area contributed by atoms with Gasteiger partial charge in [-0.3, -0.25) is 9.78 Å². The molecule has 0 unspecified atom stereocenters. The molecule has 5 nitrogen and oxygen atoms in total. The standard InChI is InChI=1S/C22H17FN2O3S2/c1-14-3-2-4-20(21(14)23)30(27,28)17-7-5-15(6-8-17)12-25-22(26)18-11-16-9-10-24-13-19(16)29-18/h2-11,13H,12H2,1H3,(H,25,26). The molecule has 0 radical (unpaired) electrons. The number of fused-ring (bicyclic) bond motifs is 1. The van der Waals surface area contributed by atoms with E-state index in [-0.39, 0.29) is 27.8 Å². The lowest BCUT2D eigenvalue weighted by molar-refractivity contribution is 0.0955. The van der Waals surface area contributed by atoms with Crippen LogP contribution < -0.4 is 5.32 Å². The fourth-order valence-electron chi connectivity index (χ4n) is 3.01. The number of nitrogens with zero attached hydrogens (tertiary/aromatic N) is 1. The zero-order valence-electron chi connectivity index (χ0n) is 15.9. The van der Waals surface area contributed by atoms with E-state index < -0.39 is 15.7 Å². The van der Waals surface area contributed by atoms with Gasteiger partial charge < -0.3 is 5.32 Å². The number of hydrogen-bond acceptors (Lipinski definition) is 5. The summed E-state index contributed by atoms with van der Waals surface area (Å²) in [7, 11) is -3.96. The Morgan fingerprint density at radius 3 is 2.63 bits per heavy atom. The highest BCUT2D eigenvalue weighted by Gasteiger charge is 2.22. The number of rotatable bonds is 5. The van der Waals surface area contributed by atoms with Crippen LogP contribution in [0.25, 0.3) is 10.1 Å². The Kier molecular flexibility index (Phi) is 5.36. The number of aryl methyl sites for hydroxylation is 1. The lowest BCUT2D eigenvalue weighted by Gasteiger charge is -2.09. The molecule has 2 heterocycles. The summed E-state index contributed by atoms with van der Waals surface area (Å²) in [5.41, 5.74) is 1.00. The van der Waals surface area contributed by atoms with Crippen LogP contribution in [0.4, 0.5) is 4.39 Å². The summed E-state index contributed by atoms with van der Waals surface area (Å²) in [6, 6.07) is 14.0. The third kappa shape index (κ3) is 3.83. The van der Waals surface area contributed by atoms with Gasteiger partial charge in [0.1, 0.15) is 10.7 Å². The average molecular weight is 441 g/mol. The molecule has 30 heavy (non-hydrogen) atoms. The maximum Gasteiger partial charge on any atom is 0.261 e. The van der Waals surface area contributed by atoms with Gasteiger partial charge in [-0.25, -0.2) is 12.8 Å². The predicted octanol–water partition coefficient (Wildman–Crippen LogP) is 4.51. The number of halogens is 1. The molecule has 2 aromatic heterocycles. The molecule has 0 spiro atoms. The Morgan fingerprint density at radius 1 is 1.13 bits per heavy atom. The van der Waals surface area contributed by atoms with Crippen LogP contribution in [-0.2, 0) is 16.4 Å². The van der Waals surface area contributed by atoms with Gasteiger partial charge in [-0.15, -0.1) is 11.3 Å². The van der Waals surface area contributed by atoms with E-state index in [1.54, 1.807) is 24.5 Å². The number of sulfone groups is 1. The molecule has 152 valence electrons. The minimum atomic E-state index is -3.96. The van der Waals surface area contributed by atoms with E-state index in [0.29, 0.717) is 4.88 Å². The maximum absolute atomic E-state index is 14.3. The van der Waals surface area contributed by atoms with E-state index in [0.717, 1.165) is 15.6 Å². The first-order valence-electron chi connectivity index (χ1n) is 9.07. The number of thiophene rings is 1. The summed E-state index contributed by atoms with van der Waals surface area (Å²) < 4.78 is 40.7. The summed E-state index contributed by atoms with van der Waals surface area (Å²) >= 11 is 1.36. The van der Waals surface area contributed by atoms with Crippen molar-refractivity contribution in [1.82, 2.24) is 10.3 Å². The molecule has 0 bridgehead atoms. The van der Waals surface area contributed by atoms with Gasteiger partial charge in [0.05, 0.1) is 14.5 Å². The number of pyridine rings is 1. The van der Waals surface area contributed by atoms with Gasteiger partial charge in [0.2, 0.25) is 9.84 Å². The molecule has 1 amide bonds. The minimum absolute atomic E-state index is 0.000849. The summed E-state index contributed by atoms with van der Waals surface area (Å²) in [4.78, 5) is 16.7. The van der Waals surface area contributed by atoms with Crippen molar-refractivity contribution in [2.45, 2.75) is 23.3 Å². The zero-order chi connectivity index (χ0) is 21.3. The average Bonchev–Trinajstić information content (AvgIpc) is 3.18. The van der Waals surface area contributed by atoms with Crippen molar-refractivity contribution >= 4 is 37.2 Å². The second kappa shape index (κ2) is 7.97. The number of benzene rings is 2. The fraction of sp³-hybridized carbons (Fsp3) is 0.0909. The number of carbonyl (C=O) groups excluding carboxylic acids is 1. The van der Waals surface area contributed by atoms with Gasteiger partial charge in [0, 0.05) is 18.9 Å². The van der Waals surface area contributed by atoms with Crippen LogP contribution in [0, 0.1) is 12.7 Å². The van der Waals surface area contributed by atoms with E-state index in [1.807, 2.05) is 12.1 Å². The summed E-state index contributed by atoms with van der Waals surface area (Å²) in [6.07, 6.45) is 3.39. The predicted molar refractivity (Wildman–Crippen MR) is 114 cm³/mol. The molecular weight excluding hydrogens is 423 g/mol. The zero-order valence-corrected chi connectivity index (χ0v) is 17.6. The minimum Gasteiger partial charge on any atom is -0.347 e. The van der Waals surface area contributed by atoms with Gasteiger partial charge in [-0.1, -0.05) is 24.3 Å². The van der Waals surface area contributed by atoms with E-state index >= 15 is 0 Å². The Morgan fingerprint density at radius 2 is 1.90 bits per heavy atom. The first kappa shape index (κ1) is 20.2. The van der Waals surface area contributed by atoms with Crippen molar-refractivity contribution in [3.05, 3.63) is 88.8 Å². The number of carbonyl (C=O) groups is 1. The molecule has 4 aromatic rings. The molecule has 0 saturated heterocycles. The number of nitrogens with one attached hydrogen (secondary N) is 1. The monoisotopic (exact) mass is 440 g/mol. The van der Waals surface area contributed by atoms with Crippen LogP contribution in [-0.4, -0.2) is 19.3 Å². The van der Waals surface area contributed by atoms with E-state index in [2.05, 4.69) is 10.3 Å². The van der Waals surface area contributed by atoms with Crippen molar-refractivity contribution < 1.29 is 17.6 Å². The van der Waals surface area contributed by atoms with Crippen LogP contribution >= 0.6 is 11.3 Å². The van der Waals surface area contributed by atoms with Crippen molar-refractivity contribution in [2.75, 3.05) is 0 Å². The highest BCUT2D eigenvalue weighted by atomic mass is 32.2. The first-order valence-corrected chi connectivity index (χ1v) is 11.4. The molecular formula is C22H17FN2O3S2. The lowest BCUT2D eigenvalue weighted by atomic mass is 10.2. The highest BCUT2D eigenvalue weighted by molar-refractivity contribution is 7.91. The number of amides is 1. The van der Waals surface area contributed by atoms with E-state index in [4.69, 9.17) is 0 Å². The first-order chi connectivity index (χ1) is 14.4. The molecule has 0 aliphatic rings. The maximum atomic E-state index is 14.3. The fourth-order valence-corrected chi connectivity index (χ4v) is 5.36. The second-order valence-electron chi connectivity index (χ2n) is 6.74. The Labute approximate surface area is 177 Å². The third-order valence-corrected chi connectivity index (χ3v) is 7.55. The SMILES string of the molecule is Cc1cccc(S(=O)(=O)c2ccc(CNC(=O)c3cc4ccncc4s3)cc2)c1F. The van der Waals surface area contributed by atoms with E-state index in [1.165, 1.54) is 48.6 Å². The van der Waals surface area contributed by atoms with Gasteiger partial charge in [-0.2, -0.15) is 0 Å². The normalized spacial score (nSPS) is 11.5. The van der Waals surface area contributed by atoms with Crippen molar-refractivity contribution in [3.63, 3.8) is 0 Å². The molecule has 1 N–H and O–H groups in total. The Hall–Kier alpha value is -3.10. The Balaban J connectivity index is 1.48. The van der Waals surface area contributed by atoms with Gasteiger partial charge in [0.15, 0.2) is 0 Å².